The van der Waals surface area contributed by atoms with Gasteiger partial charge in [0, 0.05) is 23.2 Å². The fraction of sp³-hybridized carbons (Fsp3) is 0.200. The molecule has 3 rings (SSSR count). The number of benzene rings is 2. The molecule has 146 valence electrons. The second-order valence-corrected chi connectivity index (χ2v) is 8.19. The minimum atomic E-state index is -3.69. The molecule has 0 radical (unpaired) electrons. The third-order valence-corrected chi connectivity index (χ3v) is 5.65. The van der Waals surface area contributed by atoms with E-state index in [2.05, 4.69) is 15.0 Å². The van der Waals surface area contributed by atoms with Crippen molar-refractivity contribution in [2.24, 2.45) is 0 Å². The highest BCUT2D eigenvalue weighted by Crippen LogP contribution is 2.30. The van der Waals surface area contributed by atoms with E-state index in [1.54, 1.807) is 51.4 Å². The van der Waals surface area contributed by atoms with E-state index in [1.807, 2.05) is 6.07 Å². The van der Waals surface area contributed by atoms with Gasteiger partial charge in [0.05, 0.1) is 17.7 Å². The highest BCUT2D eigenvalue weighted by molar-refractivity contribution is 7.89. The zero-order valence-electron chi connectivity index (χ0n) is 15.8. The van der Waals surface area contributed by atoms with Crippen LogP contribution in [0, 0.1) is 0 Å². The summed E-state index contributed by atoms with van der Waals surface area (Å²) in [6.07, 6.45) is 1.65. The molecule has 2 aromatic carbocycles. The van der Waals surface area contributed by atoms with Crippen molar-refractivity contribution in [3.63, 3.8) is 0 Å². The molecule has 3 aromatic rings. The van der Waals surface area contributed by atoms with Gasteiger partial charge in [-0.1, -0.05) is 6.07 Å². The van der Waals surface area contributed by atoms with Crippen LogP contribution in [0.25, 0.3) is 10.9 Å². The highest BCUT2D eigenvalue weighted by atomic mass is 32.2. The van der Waals surface area contributed by atoms with Gasteiger partial charge >= 0.3 is 0 Å². The zero-order valence-corrected chi connectivity index (χ0v) is 16.6. The van der Waals surface area contributed by atoms with E-state index in [1.165, 1.54) is 18.2 Å². The number of carbonyl (C=O) groups is 1. The van der Waals surface area contributed by atoms with Crippen molar-refractivity contribution in [3.05, 3.63) is 60.3 Å². The van der Waals surface area contributed by atoms with Crippen molar-refractivity contribution in [1.29, 1.82) is 0 Å². The van der Waals surface area contributed by atoms with Crippen molar-refractivity contribution in [2.45, 2.75) is 24.8 Å². The number of sulfonamides is 1. The van der Waals surface area contributed by atoms with Gasteiger partial charge in [0.1, 0.15) is 11.3 Å². The molecule has 0 saturated heterocycles. The lowest BCUT2D eigenvalue weighted by molar-refractivity contribution is 0.102. The number of pyridine rings is 1. The monoisotopic (exact) mass is 399 g/mol. The number of methoxy groups -OCH3 is 1. The lowest BCUT2D eigenvalue weighted by Gasteiger charge is -2.12. The average Bonchev–Trinajstić information content (AvgIpc) is 2.67. The standard InChI is InChI=1S/C20H21N3O4S/c1-13(2)23-28(25,26)15-7-4-6-14(12-15)20(24)22-17-9-10-18(27-3)19-16(17)8-5-11-21-19/h4-13,23H,1-3H3,(H,22,24). The summed E-state index contributed by atoms with van der Waals surface area (Å²) in [5, 5.41) is 3.54. The lowest BCUT2D eigenvalue weighted by atomic mass is 10.1. The summed E-state index contributed by atoms with van der Waals surface area (Å²) in [7, 11) is -2.13. The van der Waals surface area contributed by atoms with Crippen molar-refractivity contribution < 1.29 is 17.9 Å². The van der Waals surface area contributed by atoms with Gasteiger partial charge in [-0.25, -0.2) is 13.1 Å². The summed E-state index contributed by atoms with van der Waals surface area (Å²) in [5.41, 5.74) is 1.42. The van der Waals surface area contributed by atoms with Crippen LogP contribution in [0.15, 0.2) is 59.6 Å². The Labute approximate surface area is 163 Å². The maximum atomic E-state index is 12.7. The Morgan fingerprint density at radius 1 is 1.11 bits per heavy atom. The predicted molar refractivity (Wildman–Crippen MR) is 108 cm³/mol. The molecule has 0 aliphatic carbocycles. The molecule has 0 aliphatic rings. The number of nitrogens with one attached hydrogen (secondary N) is 2. The second-order valence-electron chi connectivity index (χ2n) is 6.47. The minimum Gasteiger partial charge on any atom is -0.494 e. The summed E-state index contributed by atoms with van der Waals surface area (Å²) in [6.45, 7) is 3.47. The first-order chi connectivity index (χ1) is 13.3. The third kappa shape index (κ3) is 4.13. The number of anilines is 1. The van der Waals surface area contributed by atoms with Crippen LogP contribution in [0.2, 0.25) is 0 Å². The number of nitrogens with zero attached hydrogens (tertiary/aromatic N) is 1. The van der Waals surface area contributed by atoms with Gasteiger partial charge in [0.2, 0.25) is 10.0 Å². The van der Waals surface area contributed by atoms with Gasteiger partial charge in [-0.15, -0.1) is 0 Å². The molecule has 7 nitrogen and oxygen atoms in total. The summed E-state index contributed by atoms with van der Waals surface area (Å²) in [6, 6.07) is 12.7. The lowest BCUT2D eigenvalue weighted by Crippen LogP contribution is -2.30. The summed E-state index contributed by atoms with van der Waals surface area (Å²) < 4.78 is 32.5. The molecule has 0 atom stereocenters. The van der Waals surface area contributed by atoms with E-state index >= 15 is 0 Å². The molecule has 2 N–H and O–H groups in total. The van der Waals surface area contributed by atoms with Gasteiger partial charge in [-0.05, 0) is 56.3 Å². The molecule has 8 heteroatoms. The fourth-order valence-corrected chi connectivity index (χ4v) is 4.09. The normalized spacial score (nSPS) is 11.6. The first-order valence-corrected chi connectivity index (χ1v) is 10.2. The van der Waals surface area contributed by atoms with Gasteiger partial charge in [-0.3, -0.25) is 9.78 Å². The Balaban J connectivity index is 1.93. The molecule has 1 aromatic heterocycles. The summed E-state index contributed by atoms with van der Waals surface area (Å²) in [4.78, 5) is 17.1. The average molecular weight is 399 g/mol. The first kappa shape index (κ1) is 19.8. The number of hydrogen-bond donors (Lipinski definition) is 2. The van der Waals surface area contributed by atoms with Crippen LogP contribution in [0.1, 0.15) is 24.2 Å². The maximum absolute atomic E-state index is 12.7. The molecule has 0 fully saturated rings. The van der Waals surface area contributed by atoms with E-state index in [0.29, 0.717) is 17.0 Å². The molecule has 0 unspecified atom stereocenters. The Morgan fingerprint density at radius 3 is 2.61 bits per heavy atom. The molecule has 1 heterocycles. The van der Waals surface area contributed by atoms with Crippen molar-refractivity contribution in [1.82, 2.24) is 9.71 Å². The third-order valence-electron chi connectivity index (χ3n) is 4.00. The summed E-state index contributed by atoms with van der Waals surface area (Å²) >= 11 is 0. The van der Waals surface area contributed by atoms with Crippen LogP contribution in [0.3, 0.4) is 0 Å². The molecular formula is C20H21N3O4S. The Hall–Kier alpha value is -2.97. The van der Waals surface area contributed by atoms with Crippen molar-refractivity contribution in [3.8, 4) is 5.75 Å². The quantitative estimate of drug-likeness (QED) is 0.663. The van der Waals surface area contributed by atoms with Crippen LogP contribution < -0.4 is 14.8 Å². The Bertz CT molecular complexity index is 1130. The van der Waals surface area contributed by atoms with Crippen molar-refractivity contribution >= 4 is 32.5 Å². The van der Waals surface area contributed by atoms with Crippen LogP contribution in [0.5, 0.6) is 5.75 Å². The fourth-order valence-electron chi connectivity index (χ4n) is 2.80. The largest absolute Gasteiger partial charge is 0.494 e. The number of hydrogen-bond acceptors (Lipinski definition) is 5. The van der Waals surface area contributed by atoms with Gasteiger partial charge in [-0.2, -0.15) is 0 Å². The van der Waals surface area contributed by atoms with Gasteiger partial charge in [0.25, 0.3) is 5.91 Å². The molecule has 1 amide bonds. The Morgan fingerprint density at radius 2 is 1.89 bits per heavy atom. The van der Waals surface area contributed by atoms with E-state index in [4.69, 9.17) is 4.74 Å². The van der Waals surface area contributed by atoms with Crippen LogP contribution in [-0.2, 0) is 10.0 Å². The van der Waals surface area contributed by atoms with Crippen LogP contribution in [0.4, 0.5) is 5.69 Å². The van der Waals surface area contributed by atoms with E-state index in [0.717, 1.165) is 5.39 Å². The predicted octanol–water partition coefficient (Wildman–Crippen LogP) is 3.18. The smallest absolute Gasteiger partial charge is 0.255 e. The van der Waals surface area contributed by atoms with Gasteiger partial charge < -0.3 is 10.1 Å². The highest BCUT2D eigenvalue weighted by Gasteiger charge is 2.18. The SMILES string of the molecule is COc1ccc(NC(=O)c2cccc(S(=O)(=O)NC(C)C)c2)c2cccnc12. The number of amides is 1. The number of carbonyl (C=O) groups excluding carboxylic acids is 1. The molecule has 0 spiro atoms. The summed E-state index contributed by atoms with van der Waals surface area (Å²) in [5.74, 6) is 0.179. The van der Waals surface area contributed by atoms with E-state index in [9.17, 15) is 13.2 Å². The van der Waals surface area contributed by atoms with Gasteiger partial charge in [0.15, 0.2) is 0 Å². The van der Waals surface area contributed by atoms with E-state index in [-0.39, 0.29) is 16.5 Å². The molecule has 28 heavy (non-hydrogen) atoms. The molecule has 0 saturated carbocycles. The number of aromatic nitrogens is 1. The molecule has 0 aliphatic heterocycles. The van der Waals surface area contributed by atoms with Crippen molar-refractivity contribution in [2.75, 3.05) is 12.4 Å². The topological polar surface area (TPSA) is 97.4 Å². The minimum absolute atomic E-state index is 0.0371. The first-order valence-electron chi connectivity index (χ1n) is 8.67. The maximum Gasteiger partial charge on any atom is 0.255 e. The van der Waals surface area contributed by atoms with E-state index < -0.39 is 15.9 Å². The second kappa shape index (κ2) is 7.95. The Kier molecular flexibility index (Phi) is 5.62. The van der Waals surface area contributed by atoms with Crippen LogP contribution in [-0.4, -0.2) is 32.5 Å². The number of ether oxygens (including phenoxy) is 1. The zero-order chi connectivity index (χ0) is 20.3. The van der Waals surface area contributed by atoms with Crippen LogP contribution >= 0.6 is 0 Å². The molecular weight excluding hydrogens is 378 g/mol. The number of fused-ring (bicyclic) bond motifs is 1. The number of rotatable bonds is 6. The molecule has 0 bridgehead atoms.